The molecule has 1 rings (SSSR count). The Bertz CT molecular complexity index is 404. The molecule has 0 unspecified atom stereocenters. The number of benzene rings is 1. The van der Waals surface area contributed by atoms with Gasteiger partial charge in [-0.05, 0) is 31.0 Å². The number of nitrogen functional groups attached to an aromatic ring is 1. The fraction of sp³-hybridized carbons (Fsp3) is 0.462. The van der Waals surface area contributed by atoms with Crippen LogP contribution < -0.4 is 5.73 Å². The topological polar surface area (TPSA) is 46.3 Å². The Balaban J connectivity index is 2.90. The van der Waals surface area contributed by atoms with Crippen LogP contribution in [0.5, 0.6) is 0 Å². The summed E-state index contributed by atoms with van der Waals surface area (Å²) in [4.78, 5) is 13.9. The molecule has 94 valence electrons. The molecular formula is C13H19FN2O. The van der Waals surface area contributed by atoms with Crippen molar-refractivity contribution in [2.45, 2.75) is 20.8 Å². The first kappa shape index (κ1) is 13.5. The molecule has 0 saturated heterocycles. The van der Waals surface area contributed by atoms with E-state index in [0.29, 0.717) is 24.6 Å². The van der Waals surface area contributed by atoms with Gasteiger partial charge in [-0.1, -0.05) is 13.8 Å². The van der Waals surface area contributed by atoms with Gasteiger partial charge < -0.3 is 10.6 Å². The summed E-state index contributed by atoms with van der Waals surface area (Å²) < 4.78 is 13.0. The molecular weight excluding hydrogens is 219 g/mol. The Morgan fingerprint density at radius 2 is 2.12 bits per heavy atom. The van der Waals surface area contributed by atoms with E-state index in [1.807, 2.05) is 6.92 Å². The third kappa shape index (κ3) is 3.44. The number of rotatable bonds is 4. The summed E-state index contributed by atoms with van der Waals surface area (Å²) in [5.74, 6) is -0.196. The average molecular weight is 238 g/mol. The molecule has 3 nitrogen and oxygen atoms in total. The summed E-state index contributed by atoms with van der Waals surface area (Å²) >= 11 is 0. The summed E-state index contributed by atoms with van der Waals surface area (Å²) in [6, 6.07) is 4.09. The van der Waals surface area contributed by atoms with Crippen LogP contribution in [0.3, 0.4) is 0 Å². The van der Waals surface area contributed by atoms with Crippen LogP contribution in [0.4, 0.5) is 10.1 Å². The van der Waals surface area contributed by atoms with E-state index in [0.717, 1.165) is 0 Å². The minimum absolute atomic E-state index is 0.0106. The second kappa shape index (κ2) is 5.66. The summed E-state index contributed by atoms with van der Waals surface area (Å²) in [5, 5.41) is 0. The number of carbonyl (C=O) groups excluding carboxylic acids is 1. The summed E-state index contributed by atoms with van der Waals surface area (Å²) in [6.07, 6.45) is 0. The van der Waals surface area contributed by atoms with Crippen LogP contribution >= 0.6 is 0 Å². The third-order valence-corrected chi connectivity index (χ3v) is 2.50. The molecule has 0 aliphatic rings. The van der Waals surface area contributed by atoms with Gasteiger partial charge in [0.05, 0.1) is 5.69 Å². The van der Waals surface area contributed by atoms with Crippen molar-refractivity contribution in [1.29, 1.82) is 0 Å². The normalized spacial score (nSPS) is 10.6. The van der Waals surface area contributed by atoms with E-state index >= 15 is 0 Å². The lowest BCUT2D eigenvalue weighted by molar-refractivity contribution is 0.0746. The van der Waals surface area contributed by atoms with E-state index in [9.17, 15) is 9.18 Å². The Morgan fingerprint density at radius 1 is 1.47 bits per heavy atom. The van der Waals surface area contributed by atoms with Crippen molar-refractivity contribution in [1.82, 2.24) is 4.90 Å². The molecule has 0 spiro atoms. The lowest BCUT2D eigenvalue weighted by atomic mass is 10.1. The fourth-order valence-electron chi connectivity index (χ4n) is 1.66. The molecule has 0 heterocycles. The lowest BCUT2D eigenvalue weighted by Gasteiger charge is -2.23. The molecule has 2 N–H and O–H groups in total. The minimum atomic E-state index is -0.492. The molecule has 1 aromatic carbocycles. The number of amides is 1. The molecule has 0 bridgehead atoms. The van der Waals surface area contributed by atoms with Gasteiger partial charge in [0.25, 0.3) is 5.91 Å². The van der Waals surface area contributed by atoms with E-state index in [2.05, 4.69) is 13.8 Å². The van der Waals surface area contributed by atoms with Crippen LogP contribution in [-0.2, 0) is 0 Å². The quantitative estimate of drug-likeness (QED) is 0.819. The minimum Gasteiger partial charge on any atom is -0.396 e. The first-order valence-electron chi connectivity index (χ1n) is 5.80. The van der Waals surface area contributed by atoms with Crippen molar-refractivity contribution in [2.75, 3.05) is 18.8 Å². The van der Waals surface area contributed by atoms with Crippen molar-refractivity contribution in [3.8, 4) is 0 Å². The molecule has 0 radical (unpaired) electrons. The number of carbonyl (C=O) groups is 1. The Kier molecular flexibility index (Phi) is 4.49. The van der Waals surface area contributed by atoms with E-state index in [1.54, 1.807) is 4.90 Å². The third-order valence-electron chi connectivity index (χ3n) is 2.50. The maximum absolute atomic E-state index is 13.0. The Labute approximate surface area is 101 Å². The van der Waals surface area contributed by atoms with Crippen LogP contribution in [0, 0.1) is 11.7 Å². The van der Waals surface area contributed by atoms with E-state index < -0.39 is 5.82 Å². The summed E-state index contributed by atoms with van der Waals surface area (Å²) in [5.41, 5.74) is 5.90. The molecule has 0 aromatic heterocycles. The van der Waals surface area contributed by atoms with Gasteiger partial charge in [0.2, 0.25) is 0 Å². The highest BCUT2D eigenvalue weighted by Gasteiger charge is 2.16. The van der Waals surface area contributed by atoms with Crippen molar-refractivity contribution in [3.63, 3.8) is 0 Å². The fourth-order valence-corrected chi connectivity index (χ4v) is 1.66. The maximum Gasteiger partial charge on any atom is 0.253 e. The van der Waals surface area contributed by atoms with Crippen molar-refractivity contribution >= 4 is 11.6 Å². The summed E-state index contributed by atoms with van der Waals surface area (Å²) in [6.45, 7) is 7.35. The van der Waals surface area contributed by atoms with Crippen molar-refractivity contribution in [2.24, 2.45) is 5.92 Å². The first-order valence-corrected chi connectivity index (χ1v) is 5.80. The Morgan fingerprint density at radius 3 is 2.59 bits per heavy atom. The number of hydrogen-bond donors (Lipinski definition) is 1. The van der Waals surface area contributed by atoms with Crippen LogP contribution in [0.2, 0.25) is 0 Å². The standard InChI is InChI=1S/C13H19FN2O/c1-4-16(8-9(2)3)13(17)10-5-6-11(14)12(15)7-10/h5-7,9H,4,8,15H2,1-3H3. The largest absolute Gasteiger partial charge is 0.396 e. The van der Waals surface area contributed by atoms with Crippen LogP contribution in [0.1, 0.15) is 31.1 Å². The highest BCUT2D eigenvalue weighted by Crippen LogP contribution is 2.14. The smallest absolute Gasteiger partial charge is 0.253 e. The summed E-state index contributed by atoms with van der Waals surface area (Å²) in [7, 11) is 0. The number of nitrogens with two attached hydrogens (primary N) is 1. The van der Waals surface area contributed by atoms with Crippen LogP contribution in [0.25, 0.3) is 0 Å². The van der Waals surface area contributed by atoms with Gasteiger partial charge in [0.1, 0.15) is 5.82 Å². The molecule has 0 saturated carbocycles. The highest BCUT2D eigenvalue weighted by atomic mass is 19.1. The second-order valence-corrected chi connectivity index (χ2v) is 4.47. The van der Waals surface area contributed by atoms with Gasteiger partial charge in [-0.25, -0.2) is 4.39 Å². The second-order valence-electron chi connectivity index (χ2n) is 4.47. The molecule has 1 aromatic rings. The molecule has 0 fully saturated rings. The number of hydrogen-bond acceptors (Lipinski definition) is 2. The Hall–Kier alpha value is -1.58. The zero-order valence-corrected chi connectivity index (χ0v) is 10.5. The van der Waals surface area contributed by atoms with E-state index in [4.69, 9.17) is 5.73 Å². The molecule has 0 aliphatic carbocycles. The zero-order valence-electron chi connectivity index (χ0n) is 10.5. The van der Waals surface area contributed by atoms with Gasteiger partial charge in [-0.15, -0.1) is 0 Å². The highest BCUT2D eigenvalue weighted by molar-refractivity contribution is 5.95. The average Bonchev–Trinajstić information content (AvgIpc) is 2.28. The molecule has 1 amide bonds. The predicted octanol–water partition coefficient (Wildman–Crippen LogP) is 2.53. The molecule has 0 aliphatic heterocycles. The number of nitrogens with zero attached hydrogens (tertiary/aromatic N) is 1. The molecule has 4 heteroatoms. The number of anilines is 1. The van der Waals surface area contributed by atoms with Crippen molar-refractivity contribution < 1.29 is 9.18 Å². The van der Waals surface area contributed by atoms with Gasteiger partial charge in [0.15, 0.2) is 0 Å². The van der Waals surface area contributed by atoms with E-state index in [1.165, 1.54) is 18.2 Å². The predicted molar refractivity (Wildman–Crippen MR) is 67.2 cm³/mol. The monoisotopic (exact) mass is 238 g/mol. The lowest BCUT2D eigenvalue weighted by Crippen LogP contribution is -2.34. The maximum atomic E-state index is 13.0. The van der Waals surface area contributed by atoms with Gasteiger partial charge >= 0.3 is 0 Å². The number of halogens is 1. The molecule has 0 atom stereocenters. The SMILES string of the molecule is CCN(CC(C)C)C(=O)c1ccc(F)c(N)c1. The van der Waals surface area contributed by atoms with Crippen LogP contribution in [-0.4, -0.2) is 23.9 Å². The first-order chi connectivity index (χ1) is 7.95. The van der Waals surface area contributed by atoms with Gasteiger partial charge in [-0.2, -0.15) is 0 Å². The van der Waals surface area contributed by atoms with Crippen LogP contribution in [0.15, 0.2) is 18.2 Å². The van der Waals surface area contributed by atoms with Gasteiger partial charge in [-0.3, -0.25) is 4.79 Å². The van der Waals surface area contributed by atoms with Crippen molar-refractivity contribution in [3.05, 3.63) is 29.6 Å². The zero-order chi connectivity index (χ0) is 13.0. The van der Waals surface area contributed by atoms with E-state index in [-0.39, 0.29) is 11.6 Å². The molecule has 17 heavy (non-hydrogen) atoms. The van der Waals surface area contributed by atoms with Gasteiger partial charge in [0, 0.05) is 18.7 Å².